The minimum Gasteiger partial charge on any atom is -0.0961 e. The number of rotatable bonds is 1. The number of fused-ring (bicyclic) bond motifs is 3. The van der Waals surface area contributed by atoms with Crippen LogP contribution < -0.4 is 5.46 Å². The predicted octanol–water partition coefficient (Wildman–Crippen LogP) is 4.45. The molecule has 0 spiro atoms. The molecule has 0 amide bonds. The molecule has 0 bridgehead atoms. The van der Waals surface area contributed by atoms with Crippen molar-refractivity contribution in [2.75, 3.05) is 0 Å². The van der Waals surface area contributed by atoms with Gasteiger partial charge in [0, 0.05) is 0 Å². The highest BCUT2D eigenvalue weighted by atomic mass is 14.1. The quantitative estimate of drug-likeness (QED) is 0.352. The average molecular weight is 264 g/mol. The molecular weight excluding hydrogens is 251 g/mol. The van der Waals surface area contributed by atoms with Crippen LogP contribution in [0.25, 0.3) is 32.7 Å². The van der Waals surface area contributed by atoms with E-state index in [9.17, 15) is 0 Å². The summed E-state index contributed by atoms with van der Waals surface area (Å²) < 4.78 is 0. The van der Waals surface area contributed by atoms with E-state index in [4.69, 9.17) is 7.85 Å². The van der Waals surface area contributed by atoms with Gasteiger partial charge in [0.25, 0.3) is 0 Å². The van der Waals surface area contributed by atoms with E-state index < -0.39 is 0 Å². The van der Waals surface area contributed by atoms with Gasteiger partial charge in [-0.2, -0.15) is 0 Å². The van der Waals surface area contributed by atoms with Gasteiger partial charge in [0.05, 0.1) is 0 Å². The summed E-state index contributed by atoms with van der Waals surface area (Å²) in [6, 6.07) is 27.4. The van der Waals surface area contributed by atoms with Gasteiger partial charge >= 0.3 is 0 Å². The molecule has 2 radical (unpaired) electrons. The van der Waals surface area contributed by atoms with Gasteiger partial charge in [0.15, 0.2) is 0 Å². The van der Waals surface area contributed by atoms with Crippen molar-refractivity contribution < 1.29 is 0 Å². The highest BCUT2D eigenvalue weighted by Crippen LogP contribution is 2.34. The van der Waals surface area contributed by atoms with Crippen LogP contribution in [0.3, 0.4) is 0 Å². The molecule has 0 aliphatic rings. The highest BCUT2D eigenvalue weighted by Gasteiger charge is 2.07. The zero-order chi connectivity index (χ0) is 14.2. The number of benzene rings is 4. The van der Waals surface area contributed by atoms with E-state index in [0.29, 0.717) is 0 Å². The Morgan fingerprint density at radius 1 is 0.571 bits per heavy atom. The van der Waals surface area contributed by atoms with Crippen molar-refractivity contribution in [3.05, 3.63) is 78.9 Å². The molecule has 0 unspecified atom stereocenters. The average Bonchev–Trinajstić information content (AvgIpc) is 2.54. The van der Waals surface area contributed by atoms with Gasteiger partial charge in [-0.15, -0.1) is 0 Å². The maximum atomic E-state index is 5.95. The smallest absolute Gasteiger partial charge is 0.0961 e. The molecular formula is C20H13B. The summed E-state index contributed by atoms with van der Waals surface area (Å²) in [5.74, 6) is 0. The maximum absolute atomic E-state index is 5.95. The molecule has 0 aliphatic heterocycles. The largest absolute Gasteiger partial charge is 0.113 e. The Morgan fingerprint density at radius 3 is 2.10 bits per heavy atom. The second-order valence-electron chi connectivity index (χ2n) is 5.32. The van der Waals surface area contributed by atoms with E-state index in [2.05, 4.69) is 60.7 Å². The third-order valence-electron chi connectivity index (χ3n) is 3.97. The van der Waals surface area contributed by atoms with E-state index in [1.54, 1.807) is 0 Å². The zero-order valence-electron chi connectivity index (χ0n) is 11.6. The Bertz CT molecular complexity index is 954. The van der Waals surface area contributed by atoms with E-state index in [-0.39, 0.29) is 0 Å². The fourth-order valence-corrected chi connectivity index (χ4v) is 3.00. The van der Waals surface area contributed by atoms with Crippen LogP contribution in [0.4, 0.5) is 0 Å². The lowest BCUT2D eigenvalue weighted by molar-refractivity contribution is 1.69. The maximum Gasteiger partial charge on any atom is 0.113 e. The Kier molecular flexibility index (Phi) is 2.78. The van der Waals surface area contributed by atoms with Gasteiger partial charge in [-0.1, -0.05) is 78.3 Å². The van der Waals surface area contributed by atoms with E-state index in [1.807, 2.05) is 18.2 Å². The van der Waals surface area contributed by atoms with Crippen molar-refractivity contribution in [2.45, 2.75) is 0 Å². The standard InChI is InChI=1S/C20H13B/c21-16-8-5-7-14(12-16)20-13-15-6-1-2-9-17(15)18-10-3-4-11-19(18)20/h1-13H. The first-order valence-electron chi connectivity index (χ1n) is 7.09. The first-order valence-corrected chi connectivity index (χ1v) is 7.09. The number of hydrogen-bond acceptors (Lipinski definition) is 0. The minimum atomic E-state index is 0.796. The molecule has 96 valence electrons. The Hall–Kier alpha value is -2.54. The van der Waals surface area contributed by atoms with Crippen LogP contribution >= 0.6 is 0 Å². The summed E-state index contributed by atoms with van der Waals surface area (Å²) >= 11 is 0. The minimum absolute atomic E-state index is 0.796. The molecule has 4 aromatic carbocycles. The van der Waals surface area contributed by atoms with Gasteiger partial charge in [0.1, 0.15) is 7.85 Å². The molecule has 21 heavy (non-hydrogen) atoms. The van der Waals surface area contributed by atoms with Crippen LogP contribution in [0.15, 0.2) is 78.9 Å². The van der Waals surface area contributed by atoms with E-state index in [1.165, 1.54) is 27.1 Å². The molecule has 0 heterocycles. The third kappa shape index (κ3) is 2.02. The molecule has 0 aliphatic carbocycles. The van der Waals surface area contributed by atoms with Crippen molar-refractivity contribution in [3.63, 3.8) is 0 Å². The molecule has 0 saturated heterocycles. The van der Waals surface area contributed by atoms with Crippen molar-refractivity contribution in [1.82, 2.24) is 0 Å². The van der Waals surface area contributed by atoms with Gasteiger partial charge in [-0.25, -0.2) is 0 Å². The molecule has 0 atom stereocenters. The van der Waals surface area contributed by atoms with Crippen molar-refractivity contribution >= 4 is 34.9 Å². The second-order valence-corrected chi connectivity index (χ2v) is 5.32. The van der Waals surface area contributed by atoms with E-state index >= 15 is 0 Å². The zero-order valence-corrected chi connectivity index (χ0v) is 11.6. The Labute approximate surface area is 125 Å². The van der Waals surface area contributed by atoms with Gasteiger partial charge in [0.2, 0.25) is 0 Å². The normalized spacial score (nSPS) is 11.0. The SMILES string of the molecule is [B]c1cccc(-c2cc3ccccc3c3ccccc23)c1. The van der Waals surface area contributed by atoms with Crippen molar-refractivity contribution in [1.29, 1.82) is 0 Å². The van der Waals surface area contributed by atoms with Gasteiger partial charge in [-0.3, -0.25) is 0 Å². The Balaban J connectivity index is 2.16. The first kappa shape index (κ1) is 12.2. The summed E-state index contributed by atoms with van der Waals surface area (Å²) in [4.78, 5) is 0. The molecule has 0 aromatic heterocycles. The van der Waals surface area contributed by atoms with Crippen LogP contribution in [0.1, 0.15) is 0 Å². The molecule has 4 aromatic rings. The summed E-state index contributed by atoms with van der Waals surface area (Å²) in [5.41, 5.74) is 3.19. The molecule has 0 nitrogen and oxygen atoms in total. The lowest BCUT2D eigenvalue weighted by Crippen LogP contribution is -2.00. The van der Waals surface area contributed by atoms with Gasteiger partial charge < -0.3 is 0 Å². The lowest BCUT2D eigenvalue weighted by atomic mass is 9.89. The summed E-state index contributed by atoms with van der Waals surface area (Å²) in [6.45, 7) is 0. The fourth-order valence-electron chi connectivity index (χ4n) is 3.00. The van der Waals surface area contributed by atoms with Crippen LogP contribution in [0.2, 0.25) is 0 Å². The van der Waals surface area contributed by atoms with Gasteiger partial charge in [-0.05, 0) is 38.7 Å². The lowest BCUT2D eigenvalue weighted by Gasteiger charge is -2.11. The second kappa shape index (κ2) is 4.78. The van der Waals surface area contributed by atoms with Crippen LogP contribution in [-0.2, 0) is 0 Å². The van der Waals surface area contributed by atoms with Crippen molar-refractivity contribution in [2.24, 2.45) is 0 Å². The molecule has 0 saturated carbocycles. The number of hydrogen-bond donors (Lipinski definition) is 0. The predicted molar refractivity (Wildman–Crippen MR) is 92.3 cm³/mol. The highest BCUT2D eigenvalue weighted by molar-refractivity contribution is 6.32. The van der Waals surface area contributed by atoms with Crippen LogP contribution in [0, 0.1) is 0 Å². The summed E-state index contributed by atoms with van der Waals surface area (Å²) in [7, 11) is 5.95. The molecule has 4 rings (SSSR count). The molecule has 0 N–H and O–H groups in total. The topological polar surface area (TPSA) is 0 Å². The fraction of sp³-hybridized carbons (Fsp3) is 0. The summed E-state index contributed by atoms with van der Waals surface area (Å²) in [5, 5.41) is 5.10. The van der Waals surface area contributed by atoms with Crippen LogP contribution in [-0.4, -0.2) is 7.85 Å². The Morgan fingerprint density at radius 2 is 1.29 bits per heavy atom. The van der Waals surface area contributed by atoms with Crippen molar-refractivity contribution in [3.8, 4) is 11.1 Å². The van der Waals surface area contributed by atoms with E-state index in [0.717, 1.165) is 11.0 Å². The first-order chi connectivity index (χ1) is 10.3. The molecule has 1 heteroatoms. The summed E-state index contributed by atoms with van der Waals surface area (Å²) in [6.07, 6.45) is 0. The monoisotopic (exact) mass is 264 g/mol. The molecule has 0 fully saturated rings. The van der Waals surface area contributed by atoms with Crippen LogP contribution in [0.5, 0.6) is 0 Å². The third-order valence-corrected chi connectivity index (χ3v) is 3.97.